The third-order valence-electron chi connectivity index (χ3n) is 4.03. The van der Waals surface area contributed by atoms with E-state index in [9.17, 15) is 0 Å². The molecule has 92 valence electrons. The Kier molecular flexibility index (Phi) is 3.21. The van der Waals surface area contributed by atoms with E-state index in [1.54, 1.807) is 0 Å². The van der Waals surface area contributed by atoms with E-state index in [0.717, 1.165) is 24.9 Å². The van der Waals surface area contributed by atoms with E-state index in [2.05, 4.69) is 29.2 Å². The van der Waals surface area contributed by atoms with Gasteiger partial charge in [0.15, 0.2) is 0 Å². The molecule has 0 amide bonds. The predicted octanol–water partition coefficient (Wildman–Crippen LogP) is 3.61. The van der Waals surface area contributed by atoms with Crippen LogP contribution in [0, 0.1) is 0 Å². The summed E-state index contributed by atoms with van der Waals surface area (Å²) in [4.78, 5) is 2.59. The molecule has 2 nitrogen and oxygen atoms in total. The number of hydrogen-bond donors (Lipinski definition) is 0. The van der Waals surface area contributed by atoms with Crippen LogP contribution < -0.4 is 9.64 Å². The van der Waals surface area contributed by atoms with Gasteiger partial charge in [0.2, 0.25) is 0 Å². The van der Waals surface area contributed by atoms with Gasteiger partial charge in [0.25, 0.3) is 0 Å². The van der Waals surface area contributed by atoms with E-state index < -0.39 is 0 Å². The Hall–Kier alpha value is -1.18. The lowest BCUT2D eigenvalue weighted by Gasteiger charge is -2.37. The van der Waals surface area contributed by atoms with Crippen molar-refractivity contribution < 1.29 is 4.74 Å². The van der Waals surface area contributed by atoms with E-state index in [4.69, 9.17) is 4.74 Å². The summed E-state index contributed by atoms with van der Waals surface area (Å²) in [5.41, 5.74) is 1.31. The minimum atomic E-state index is 0.738. The molecule has 2 heteroatoms. The molecule has 0 bridgehead atoms. The summed E-state index contributed by atoms with van der Waals surface area (Å²) in [6.45, 7) is 1.90. The highest BCUT2D eigenvalue weighted by atomic mass is 16.5. The van der Waals surface area contributed by atoms with Gasteiger partial charge in [0, 0.05) is 6.04 Å². The predicted molar refractivity (Wildman–Crippen MR) is 70.8 cm³/mol. The van der Waals surface area contributed by atoms with Gasteiger partial charge in [-0.25, -0.2) is 0 Å². The average Bonchev–Trinajstić information content (AvgIpc) is 2.67. The maximum atomic E-state index is 5.73. The van der Waals surface area contributed by atoms with E-state index in [-0.39, 0.29) is 0 Å². The Morgan fingerprint density at radius 2 is 1.76 bits per heavy atom. The maximum Gasteiger partial charge on any atom is 0.142 e. The SMILES string of the molecule is c1ccc2c(c1)OCCN2C1CCCCCC1. The lowest BCUT2D eigenvalue weighted by atomic mass is 10.1. The van der Waals surface area contributed by atoms with Crippen LogP contribution >= 0.6 is 0 Å². The molecule has 0 aromatic heterocycles. The van der Waals surface area contributed by atoms with Crippen LogP contribution in [0.3, 0.4) is 0 Å². The Labute approximate surface area is 104 Å². The molecule has 1 fully saturated rings. The second-order valence-electron chi connectivity index (χ2n) is 5.15. The number of anilines is 1. The van der Waals surface area contributed by atoms with E-state index >= 15 is 0 Å². The molecule has 1 aromatic rings. The molecule has 3 rings (SSSR count). The molecule has 2 aliphatic rings. The molecular formula is C15H21NO. The molecule has 0 atom stereocenters. The summed E-state index contributed by atoms with van der Waals surface area (Å²) in [5, 5.41) is 0. The molecule has 1 aliphatic carbocycles. The van der Waals surface area contributed by atoms with Crippen molar-refractivity contribution in [3.8, 4) is 5.75 Å². The number of rotatable bonds is 1. The molecule has 0 radical (unpaired) electrons. The van der Waals surface area contributed by atoms with Gasteiger partial charge in [0.05, 0.1) is 12.2 Å². The third kappa shape index (κ3) is 2.26. The van der Waals surface area contributed by atoms with Gasteiger partial charge in [-0.2, -0.15) is 0 Å². The molecule has 0 N–H and O–H groups in total. The number of hydrogen-bond acceptors (Lipinski definition) is 2. The Morgan fingerprint density at radius 3 is 2.59 bits per heavy atom. The maximum absolute atomic E-state index is 5.73. The van der Waals surface area contributed by atoms with Crippen molar-refractivity contribution in [2.75, 3.05) is 18.1 Å². The van der Waals surface area contributed by atoms with Crippen molar-refractivity contribution >= 4 is 5.69 Å². The van der Waals surface area contributed by atoms with Crippen molar-refractivity contribution in [2.45, 2.75) is 44.6 Å². The highest BCUT2D eigenvalue weighted by Crippen LogP contribution is 2.35. The molecule has 0 unspecified atom stereocenters. The zero-order chi connectivity index (χ0) is 11.5. The van der Waals surface area contributed by atoms with Gasteiger partial charge in [-0.1, -0.05) is 37.8 Å². The van der Waals surface area contributed by atoms with Crippen LogP contribution in [0.5, 0.6) is 5.75 Å². The second-order valence-corrected chi connectivity index (χ2v) is 5.15. The van der Waals surface area contributed by atoms with Crippen molar-refractivity contribution in [2.24, 2.45) is 0 Å². The standard InChI is InChI=1S/C15H21NO/c1-2-4-8-13(7-3-1)16-11-12-17-15-10-6-5-9-14(15)16/h5-6,9-10,13H,1-4,7-8,11-12H2. The lowest BCUT2D eigenvalue weighted by Crippen LogP contribution is -2.40. The van der Waals surface area contributed by atoms with Crippen molar-refractivity contribution in [1.29, 1.82) is 0 Å². The fourth-order valence-corrected chi connectivity index (χ4v) is 3.14. The van der Waals surface area contributed by atoms with Crippen molar-refractivity contribution in [3.05, 3.63) is 24.3 Å². The summed E-state index contributed by atoms with van der Waals surface area (Å²) >= 11 is 0. The first-order chi connectivity index (χ1) is 8.45. The quantitative estimate of drug-likeness (QED) is 0.685. The highest BCUT2D eigenvalue weighted by Gasteiger charge is 2.25. The first kappa shape index (κ1) is 10.9. The second kappa shape index (κ2) is 4.99. The van der Waals surface area contributed by atoms with Crippen LogP contribution in [-0.2, 0) is 0 Å². The fourth-order valence-electron chi connectivity index (χ4n) is 3.14. The number of fused-ring (bicyclic) bond motifs is 1. The largest absolute Gasteiger partial charge is 0.490 e. The minimum Gasteiger partial charge on any atom is -0.490 e. The van der Waals surface area contributed by atoms with Gasteiger partial charge in [-0.3, -0.25) is 0 Å². The Morgan fingerprint density at radius 1 is 1.00 bits per heavy atom. The molecular weight excluding hydrogens is 210 g/mol. The van der Waals surface area contributed by atoms with Gasteiger partial charge in [0.1, 0.15) is 12.4 Å². The number of ether oxygens (including phenoxy) is 1. The van der Waals surface area contributed by atoms with Crippen LogP contribution in [0.25, 0.3) is 0 Å². The normalized spacial score (nSPS) is 21.5. The minimum absolute atomic E-state index is 0.738. The van der Waals surface area contributed by atoms with Gasteiger partial charge in [-0.05, 0) is 25.0 Å². The van der Waals surface area contributed by atoms with Crippen molar-refractivity contribution in [3.63, 3.8) is 0 Å². The van der Waals surface area contributed by atoms with E-state index in [1.807, 2.05) is 0 Å². The molecule has 0 spiro atoms. The summed E-state index contributed by atoms with van der Waals surface area (Å²) < 4.78 is 5.73. The first-order valence-corrected chi connectivity index (χ1v) is 6.93. The van der Waals surface area contributed by atoms with Gasteiger partial charge < -0.3 is 9.64 Å². The van der Waals surface area contributed by atoms with Gasteiger partial charge in [-0.15, -0.1) is 0 Å². The summed E-state index contributed by atoms with van der Waals surface area (Å²) in [6.07, 6.45) is 8.34. The third-order valence-corrected chi connectivity index (χ3v) is 4.03. The highest BCUT2D eigenvalue weighted by molar-refractivity contribution is 5.60. The van der Waals surface area contributed by atoms with Crippen LogP contribution in [-0.4, -0.2) is 19.2 Å². The summed E-state index contributed by atoms with van der Waals surface area (Å²) in [6, 6.07) is 9.23. The lowest BCUT2D eigenvalue weighted by molar-refractivity contribution is 0.296. The van der Waals surface area contributed by atoms with Gasteiger partial charge >= 0.3 is 0 Å². The monoisotopic (exact) mass is 231 g/mol. The van der Waals surface area contributed by atoms with E-state index in [1.165, 1.54) is 44.2 Å². The average molecular weight is 231 g/mol. The molecule has 1 aromatic carbocycles. The van der Waals surface area contributed by atoms with E-state index in [0.29, 0.717) is 0 Å². The summed E-state index contributed by atoms with van der Waals surface area (Å²) in [5.74, 6) is 1.07. The Bertz CT molecular complexity index is 369. The van der Waals surface area contributed by atoms with Crippen LogP contribution in [0.4, 0.5) is 5.69 Å². The zero-order valence-corrected chi connectivity index (χ0v) is 10.4. The Balaban J connectivity index is 1.83. The van der Waals surface area contributed by atoms with Crippen LogP contribution in [0.1, 0.15) is 38.5 Å². The molecule has 17 heavy (non-hydrogen) atoms. The van der Waals surface area contributed by atoms with Crippen LogP contribution in [0.2, 0.25) is 0 Å². The number of benzene rings is 1. The molecule has 1 heterocycles. The fraction of sp³-hybridized carbons (Fsp3) is 0.600. The zero-order valence-electron chi connectivity index (χ0n) is 10.4. The smallest absolute Gasteiger partial charge is 0.142 e. The number of nitrogens with zero attached hydrogens (tertiary/aromatic N) is 1. The topological polar surface area (TPSA) is 12.5 Å². The van der Waals surface area contributed by atoms with Crippen LogP contribution in [0.15, 0.2) is 24.3 Å². The number of para-hydroxylation sites is 2. The molecule has 1 saturated carbocycles. The molecule has 0 saturated heterocycles. The van der Waals surface area contributed by atoms with Crippen molar-refractivity contribution in [1.82, 2.24) is 0 Å². The first-order valence-electron chi connectivity index (χ1n) is 6.93. The summed E-state index contributed by atoms with van der Waals surface area (Å²) in [7, 11) is 0. The molecule has 1 aliphatic heterocycles.